The lowest BCUT2D eigenvalue weighted by atomic mass is 9.84. The zero-order valence-corrected chi connectivity index (χ0v) is 15.2. The molecule has 4 nitrogen and oxygen atoms in total. The lowest BCUT2D eigenvalue weighted by Gasteiger charge is -2.26. The van der Waals surface area contributed by atoms with Crippen LogP contribution in [0.4, 0.5) is 0 Å². The topological polar surface area (TPSA) is 64.3 Å². The fourth-order valence-corrected chi connectivity index (χ4v) is 5.35. The van der Waals surface area contributed by atoms with Gasteiger partial charge in [-0.3, -0.25) is 4.79 Å². The van der Waals surface area contributed by atoms with Crippen LogP contribution >= 0.6 is 11.3 Å². The maximum absolute atomic E-state index is 12.6. The number of methoxy groups -OCH3 is 1. The number of carbonyl (C=O) groups excluding carboxylic acids is 1. The van der Waals surface area contributed by atoms with Gasteiger partial charge < -0.3 is 15.8 Å². The number of nitrogens with one attached hydrogen (secondary N) is 1. The van der Waals surface area contributed by atoms with Gasteiger partial charge in [-0.2, -0.15) is 0 Å². The minimum Gasteiger partial charge on any atom is -0.497 e. The van der Waals surface area contributed by atoms with Gasteiger partial charge in [0.2, 0.25) is 5.91 Å². The summed E-state index contributed by atoms with van der Waals surface area (Å²) in [6.45, 7) is 0.584. The van der Waals surface area contributed by atoms with Gasteiger partial charge in [-0.25, -0.2) is 0 Å². The summed E-state index contributed by atoms with van der Waals surface area (Å²) >= 11 is 1.71. The number of ether oxygens (including phenoxy) is 1. The number of rotatable bonds is 5. The molecule has 0 aliphatic heterocycles. The van der Waals surface area contributed by atoms with Crippen molar-refractivity contribution >= 4 is 17.2 Å². The number of benzene rings is 1. The first-order valence-electron chi connectivity index (χ1n) is 8.92. The van der Waals surface area contributed by atoms with E-state index < -0.39 is 0 Å². The first-order valence-corrected chi connectivity index (χ1v) is 9.74. The monoisotopic (exact) mass is 356 g/mol. The molecule has 0 spiro atoms. The molecule has 2 bridgehead atoms. The van der Waals surface area contributed by atoms with Gasteiger partial charge in [0.25, 0.3) is 0 Å². The van der Waals surface area contributed by atoms with Gasteiger partial charge in [0.1, 0.15) is 5.75 Å². The highest BCUT2D eigenvalue weighted by Gasteiger charge is 2.48. The quantitative estimate of drug-likeness (QED) is 0.863. The van der Waals surface area contributed by atoms with E-state index in [1.165, 1.54) is 16.9 Å². The van der Waals surface area contributed by atoms with Crippen LogP contribution in [0.2, 0.25) is 0 Å². The summed E-state index contributed by atoms with van der Waals surface area (Å²) in [5, 5.41) is 3.11. The number of carbonyl (C=O) groups is 1. The maximum atomic E-state index is 12.6. The third-order valence-electron chi connectivity index (χ3n) is 5.76. The van der Waals surface area contributed by atoms with Crippen LogP contribution in [0.15, 0.2) is 36.4 Å². The van der Waals surface area contributed by atoms with E-state index in [-0.39, 0.29) is 17.9 Å². The van der Waals surface area contributed by atoms with Crippen molar-refractivity contribution in [3.63, 3.8) is 0 Å². The molecule has 1 aromatic carbocycles. The predicted octanol–water partition coefficient (Wildman–Crippen LogP) is 3.41. The van der Waals surface area contributed by atoms with E-state index in [1.807, 2.05) is 12.1 Å². The minimum atomic E-state index is 0.0137. The van der Waals surface area contributed by atoms with Crippen LogP contribution in [0.25, 0.3) is 10.4 Å². The molecule has 132 valence electrons. The molecule has 2 aliphatic rings. The summed E-state index contributed by atoms with van der Waals surface area (Å²) < 4.78 is 5.20. The smallest absolute Gasteiger partial charge is 0.225 e. The van der Waals surface area contributed by atoms with Gasteiger partial charge in [0.15, 0.2) is 0 Å². The molecule has 4 rings (SSSR count). The Morgan fingerprint density at radius 3 is 2.64 bits per heavy atom. The van der Waals surface area contributed by atoms with Gasteiger partial charge >= 0.3 is 0 Å². The SMILES string of the molecule is COc1ccc(-c2ccc(CNC(=O)C3C4CCC(C4)C3N)s2)cc1. The van der Waals surface area contributed by atoms with Crippen LogP contribution in [0.1, 0.15) is 24.1 Å². The van der Waals surface area contributed by atoms with Gasteiger partial charge in [-0.15, -0.1) is 11.3 Å². The Balaban J connectivity index is 1.37. The van der Waals surface area contributed by atoms with Crippen molar-refractivity contribution in [3.8, 4) is 16.2 Å². The fourth-order valence-electron chi connectivity index (χ4n) is 4.40. The van der Waals surface area contributed by atoms with Crippen LogP contribution in [0, 0.1) is 17.8 Å². The summed E-state index contributed by atoms with van der Waals surface area (Å²) in [5.41, 5.74) is 7.43. The molecular formula is C20H24N2O2S. The lowest BCUT2D eigenvalue weighted by molar-refractivity contribution is -0.127. The lowest BCUT2D eigenvalue weighted by Crippen LogP contribution is -2.45. The van der Waals surface area contributed by atoms with E-state index in [4.69, 9.17) is 10.5 Å². The zero-order valence-electron chi connectivity index (χ0n) is 14.4. The van der Waals surface area contributed by atoms with Crippen LogP contribution in [0.5, 0.6) is 5.75 Å². The average molecular weight is 356 g/mol. The van der Waals surface area contributed by atoms with Gasteiger partial charge in [-0.1, -0.05) is 0 Å². The Bertz CT molecular complexity index is 753. The van der Waals surface area contributed by atoms with Gasteiger partial charge in [-0.05, 0) is 73.1 Å². The highest BCUT2D eigenvalue weighted by molar-refractivity contribution is 7.15. The molecule has 2 fully saturated rings. The molecule has 4 atom stereocenters. The van der Waals surface area contributed by atoms with Crippen LogP contribution in [-0.4, -0.2) is 19.1 Å². The highest BCUT2D eigenvalue weighted by atomic mass is 32.1. The Kier molecular flexibility index (Phi) is 4.52. The van der Waals surface area contributed by atoms with Crippen LogP contribution in [-0.2, 0) is 11.3 Å². The number of fused-ring (bicyclic) bond motifs is 2. The summed E-state index contributed by atoms with van der Waals surface area (Å²) in [6, 6.07) is 12.3. The number of thiophene rings is 1. The third kappa shape index (κ3) is 3.18. The molecule has 1 aromatic heterocycles. The zero-order chi connectivity index (χ0) is 17.4. The summed E-state index contributed by atoms with van der Waals surface area (Å²) in [5.74, 6) is 2.07. The standard InChI is InChI=1S/C20H24N2O2S/c1-24-15-6-4-12(5-7-15)17-9-8-16(25-17)11-22-20(23)18-13-2-3-14(10-13)19(18)21/h4-9,13-14,18-19H,2-3,10-11,21H2,1H3,(H,22,23). The van der Waals surface area contributed by atoms with Gasteiger partial charge in [0, 0.05) is 15.8 Å². The summed E-state index contributed by atoms with van der Waals surface area (Å²) in [4.78, 5) is 14.9. The van der Waals surface area contributed by atoms with E-state index in [1.54, 1.807) is 18.4 Å². The van der Waals surface area contributed by atoms with Crippen molar-refractivity contribution in [1.82, 2.24) is 5.32 Å². The van der Waals surface area contributed by atoms with Crippen LogP contribution < -0.4 is 15.8 Å². The molecule has 2 aromatic rings. The van der Waals surface area contributed by atoms with Crippen molar-refractivity contribution < 1.29 is 9.53 Å². The van der Waals surface area contributed by atoms with Crippen molar-refractivity contribution in [2.75, 3.05) is 7.11 Å². The van der Waals surface area contributed by atoms with Crippen molar-refractivity contribution in [2.24, 2.45) is 23.5 Å². The molecule has 1 amide bonds. The molecule has 4 unspecified atom stereocenters. The first-order chi connectivity index (χ1) is 12.2. The van der Waals surface area contributed by atoms with Crippen molar-refractivity contribution in [2.45, 2.75) is 31.8 Å². The first kappa shape index (κ1) is 16.6. The average Bonchev–Trinajstić information content (AvgIpc) is 3.36. The van der Waals surface area contributed by atoms with E-state index in [0.717, 1.165) is 23.5 Å². The molecule has 25 heavy (non-hydrogen) atoms. The number of hydrogen-bond acceptors (Lipinski definition) is 4. The van der Waals surface area contributed by atoms with Gasteiger partial charge in [0.05, 0.1) is 19.6 Å². The summed E-state index contributed by atoms with van der Waals surface area (Å²) in [6.07, 6.45) is 3.50. The predicted molar refractivity (Wildman–Crippen MR) is 100 cm³/mol. The van der Waals surface area contributed by atoms with E-state index in [9.17, 15) is 4.79 Å². The van der Waals surface area contributed by atoms with Crippen molar-refractivity contribution in [1.29, 1.82) is 0 Å². The number of nitrogens with two attached hydrogens (primary N) is 1. The van der Waals surface area contributed by atoms with E-state index in [0.29, 0.717) is 18.4 Å². The molecule has 0 saturated heterocycles. The van der Waals surface area contributed by atoms with E-state index >= 15 is 0 Å². The molecular weight excluding hydrogens is 332 g/mol. The minimum absolute atomic E-state index is 0.0137. The highest BCUT2D eigenvalue weighted by Crippen LogP contribution is 2.47. The molecule has 2 aliphatic carbocycles. The molecule has 2 saturated carbocycles. The Labute approximate surface area is 152 Å². The third-order valence-corrected chi connectivity index (χ3v) is 6.89. The molecule has 5 heteroatoms. The second-order valence-electron chi connectivity index (χ2n) is 7.15. The molecule has 0 radical (unpaired) electrons. The normalized spacial score (nSPS) is 27.4. The Morgan fingerprint density at radius 1 is 1.20 bits per heavy atom. The fraction of sp³-hybridized carbons (Fsp3) is 0.450. The van der Waals surface area contributed by atoms with Crippen molar-refractivity contribution in [3.05, 3.63) is 41.3 Å². The number of amides is 1. The molecule has 1 heterocycles. The maximum Gasteiger partial charge on any atom is 0.225 e. The molecule has 3 N–H and O–H groups in total. The second-order valence-corrected chi connectivity index (χ2v) is 8.32. The Morgan fingerprint density at radius 2 is 1.96 bits per heavy atom. The number of hydrogen-bond donors (Lipinski definition) is 2. The van der Waals surface area contributed by atoms with E-state index in [2.05, 4.69) is 29.6 Å². The summed E-state index contributed by atoms with van der Waals surface area (Å²) in [7, 11) is 1.67. The Hall–Kier alpha value is -1.85. The van der Waals surface area contributed by atoms with Crippen LogP contribution in [0.3, 0.4) is 0 Å². The largest absolute Gasteiger partial charge is 0.497 e. The second kappa shape index (κ2) is 6.81.